The Morgan fingerprint density at radius 1 is 1.24 bits per heavy atom. The molecule has 1 atom stereocenters. The van der Waals surface area contributed by atoms with Gasteiger partial charge in [0.1, 0.15) is 22.5 Å². The number of nitrogens with zero attached hydrogens (tertiary/aromatic N) is 4. The van der Waals surface area contributed by atoms with E-state index in [1.807, 2.05) is 0 Å². The van der Waals surface area contributed by atoms with Crippen LogP contribution < -0.4 is 10.6 Å². The van der Waals surface area contributed by atoms with Gasteiger partial charge >= 0.3 is 0 Å². The predicted octanol–water partition coefficient (Wildman–Crippen LogP) is 2.71. The maximum atomic E-state index is 12.1. The minimum atomic E-state index is -0.305. The first-order chi connectivity index (χ1) is 14.2. The van der Waals surface area contributed by atoms with E-state index >= 15 is 0 Å². The summed E-state index contributed by atoms with van der Waals surface area (Å²) in [7, 11) is 0. The fourth-order valence-corrected chi connectivity index (χ4v) is 5.91. The Balaban J connectivity index is 1.61. The second-order valence-corrected chi connectivity index (χ2v) is 9.22. The SMILES string of the molecule is NC(=O)[C@H]1CCCN1c1nc(CN2CCOCC2)nc2scc(-c3cccs3)c12. The Labute approximate surface area is 177 Å². The summed E-state index contributed by atoms with van der Waals surface area (Å²) in [5.41, 5.74) is 6.87. The van der Waals surface area contributed by atoms with Crippen molar-refractivity contribution in [2.24, 2.45) is 5.73 Å². The van der Waals surface area contributed by atoms with Crippen molar-refractivity contribution < 1.29 is 9.53 Å². The van der Waals surface area contributed by atoms with Crippen LogP contribution in [0.5, 0.6) is 0 Å². The second kappa shape index (κ2) is 7.98. The average molecular weight is 430 g/mol. The Bertz CT molecular complexity index is 1010. The maximum absolute atomic E-state index is 12.1. The van der Waals surface area contributed by atoms with Gasteiger partial charge < -0.3 is 15.4 Å². The van der Waals surface area contributed by atoms with E-state index in [1.54, 1.807) is 22.7 Å². The van der Waals surface area contributed by atoms with Gasteiger partial charge in [-0.1, -0.05) is 6.07 Å². The van der Waals surface area contributed by atoms with Crippen molar-refractivity contribution in [3.8, 4) is 10.4 Å². The van der Waals surface area contributed by atoms with Gasteiger partial charge in [0.15, 0.2) is 0 Å². The normalized spacial score (nSPS) is 20.6. The highest BCUT2D eigenvalue weighted by Crippen LogP contribution is 2.41. The van der Waals surface area contributed by atoms with Gasteiger partial charge in [-0.05, 0) is 24.3 Å². The molecule has 5 rings (SSSR count). The number of primary amides is 1. The molecule has 5 heterocycles. The number of carbonyl (C=O) groups is 1. The first kappa shape index (κ1) is 18.9. The van der Waals surface area contributed by atoms with Gasteiger partial charge in [-0.3, -0.25) is 9.69 Å². The smallest absolute Gasteiger partial charge is 0.240 e. The van der Waals surface area contributed by atoms with E-state index in [1.165, 1.54) is 4.88 Å². The lowest BCUT2D eigenvalue weighted by Crippen LogP contribution is -2.41. The number of carbonyl (C=O) groups excluding carboxylic acids is 1. The predicted molar refractivity (Wildman–Crippen MR) is 116 cm³/mol. The fourth-order valence-electron chi connectivity index (χ4n) is 4.13. The van der Waals surface area contributed by atoms with Gasteiger partial charge in [-0.2, -0.15) is 0 Å². The summed E-state index contributed by atoms with van der Waals surface area (Å²) in [4.78, 5) is 28.5. The van der Waals surface area contributed by atoms with Gasteiger partial charge in [0.05, 0.1) is 25.1 Å². The lowest BCUT2D eigenvalue weighted by atomic mass is 10.1. The molecule has 2 saturated heterocycles. The molecular weight excluding hydrogens is 406 g/mol. The molecule has 7 nitrogen and oxygen atoms in total. The molecule has 2 aliphatic heterocycles. The first-order valence-corrected chi connectivity index (χ1v) is 11.6. The maximum Gasteiger partial charge on any atom is 0.240 e. The lowest BCUT2D eigenvalue weighted by Gasteiger charge is -2.27. The quantitative estimate of drug-likeness (QED) is 0.671. The van der Waals surface area contributed by atoms with Gasteiger partial charge in [-0.25, -0.2) is 9.97 Å². The number of anilines is 1. The third kappa shape index (κ3) is 3.63. The summed E-state index contributed by atoms with van der Waals surface area (Å²) in [6.45, 7) is 4.73. The number of fused-ring (bicyclic) bond motifs is 1. The van der Waals surface area contributed by atoms with Gasteiger partial charge in [0.2, 0.25) is 5.91 Å². The van der Waals surface area contributed by atoms with Gasteiger partial charge in [-0.15, -0.1) is 22.7 Å². The number of hydrogen-bond donors (Lipinski definition) is 1. The highest BCUT2D eigenvalue weighted by Gasteiger charge is 2.33. The molecule has 0 radical (unpaired) electrons. The van der Waals surface area contributed by atoms with E-state index in [2.05, 4.69) is 32.7 Å². The zero-order valence-corrected chi connectivity index (χ0v) is 17.7. The summed E-state index contributed by atoms with van der Waals surface area (Å²) in [6, 6.07) is 3.87. The molecule has 2 aliphatic rings. The molecular formula is C20H23N5O2S2. The summed E-state index contributed by atoms with van der Waals surface area (Å²) in [5.74, 6) is 1.37. The molecule has 29 heavy (non-hydrogen) atoms. The number of amides is 1. The van der Waals surface area contributed by atoms with Crippen LogP contribution in [0.3, 0.4) is 0 Å². The van der Waals surface area contributed by atoms with Crippen molar-refractivity contribution in [1.29, 1.82) is 0 Å². The highest BCUT2D eigenvalue weighted by molar-refractivity contribution is 7.18. The summed E-state index contributed by atoms with van der Waals surface area (Å²) in [5, 5.41) is 5.27. The van der Waals surface area contributed by atoms with Gasteiger partial charge in [0.25, 0.3) is 0 Å². The van der Waals surface area contributed by atoms with Crippen LogP contribution in [0, 0.1) is 0 Å². The number of aromatic nitrogens is 2. The molecule has 2 N–H and O–H groups in total. The highest BCUT2D eigenvalue weighted by atomic mass is 32.1. The zero-order valence-electron chi connectivity index (χ0n) is 16.0. The van der Waals surface area contributed by atoms with E-state index in [0.717, 1.165) is 73.1 Å². The average Bonchev–Trinajstić information content (AvgIpc) is 3.47. The summed E-state index contributed by atoms with van der Waals surface area (Å²) in [6.07, 6.45) is 1.72. The van der Waals surface area contributed by atoms with E-state index < -0.39 is 0 Å². The molecule has 0 bridgehead atoms. The van der Waals surface area contributed by atoms with Crippen LogP contribution in [0.2, 0.25) is 0 Å². The van der Waals surface area contributed by atoms with Crippen LogP contribution >= 0.6 is 22.7 Å². The number of hydrogen-bond acceptors (Lipinski definition) is 8. The number of nitrogens with two attached hydrogens (primary N) is 1. The van der Waals surface area contributed by atoms with E-state index in [9.17, 15) is 4.79 Å². The van der Waals surface area contributed by atoms with Crippen LogP contribution in [-0.2, 0) is 16.1 Å². The number of rotatable bonds is 5. The first-order valence-electron chi connectivity index (χ1n) is 9.89. The van der Waals surface area contributed by atoms with Crippen molar-refractivity contribution in [2.45, 2.75) is 25.4 Å². The minimum Gasteiger partial charge on any atom is -0.379 e. The van der Waals surface area contributed by atoms with E-state index in [4.69, 9.17) is 20.4 Å². The molecule has 0 unspecified atom stereocenters. The monoisotopic (exact) mass is 429 g/mol. The molecule has 0 spiro atoms. The third-order valence-electron chi connectivity index (χ3n) is 5.57. The van der Waals surface area contributed by atoms with Gasteiger partial charge in [0, 0.05) is 35.5 Å². The standard InChI is InChI=1S/C20H23N5O2S2/c21-18(26)14-3-1-5-25(14)19-17-13(15-4-2-10-28-15)12-29-20(17)23-16(22-19)11-24-6-8-27-9-7-24/h2,4,10,12,14H,1,3,5-9,11H2,(H2,21,26)/t14-/m1/s1. The topological polar surface area (TPSA) is 84.6 Å². The molecule has 152 valence electrons. The lowest BCUT2D eigenvalue weighted by molar-refractivity contribution is -0.119. The van der Waals surface area contributed by atoms with Crippen LogP contribution in [0.25, 0.3) is 20.7 Å². The minimum absolute atomic E-state index is 0.281. The van der Waals surface area contributed by atoms with Crippen molar-refractivity contribution in [3.05, 3.63) is 28.7 Å². The molecule has 2 fully saturated rings. The zero-order chi connectivity index (χ0) is 19.8. The van der Waals surface area contributed by atoms with Crippen molar-refractivity contribution in [2.75, 3.05) is 37.7 Å². The van der Waals surface area contributed by atoms with Crippen LogP contribution in [0.1, 0.15) is 18.7 Å². The van der Waals surface area contributed by atoms with Crippen molar-refractivity contribution in [1.82, 2.24) is 14.9 Å². The number of morpholine rings is 1. The van der Waals surface area contributed by atoms with Crippen LogP contribution in [0.15, 0.2) is 22.9 Å². The molecule has 9 heteroatoms. The third-order valence-corrected chi connectivity index (χ3v) is 7.34. The molecule has 0 aromatic carbocycles. The van der Waals surface area contributed by atoms with Crippen molar-refractivity contribution >= 4 is 44.6 Å². The van der Waals surface area contributed by atoms with E-state index in [-0.39, 0.29) is 11.9 Å². The summed E-state index contributed by atoms with van der Waals surface area (Å²) < 4.78 is 5.46. The van der Waals surface area contributed by atoms with Crippen LogP contribution in [0.4, 0.5) is 5.82 Å². The van der Waals surface area contributed by atoms with Crippen molar-refractivity contribution in [3.63, 3.8) is 0 Å². The van der Waals surface area contributed by atoms with E-state index in [0.29, 0.717) is 6.54 Å². The molecule has 3 aromatic rings. The second-order valence-electron chi connectivity index (χ2n) is 7.41. The number of thiophene rings is 2. The number of ether oxygens (including phenoxy) is 1. The fraction of sp³-hybridized carbons (Fsp3) is 0.450. The molecule has 0 saturated carbocycles. The Hall–Kier alpha value is -2.07. The Morgan fingerprint density at radius 3 is 2.86 bits per heavy atom. The Morgan fingerprint density at radius 2 is 2.10 bits per heavy atom. The molecule has 0 aliphatic carbocycles. The van der Waals surface area contributed by atoms with Crippen LogP contribution in [-0.4, -0.2) is 59.7 Å². The molecule has 3 aromatic heterocycles. The Kier molecular flexibility index (Phi) is 5.21. The largest absolute Gasteiger partial charge is 0.379 e. The molecule has 1 amide bonds. The summed E-state index contributed by atoms with van der Waals surface area (Å²) >= 11 is 3.35.